The molecule has 2 nitrogen and oxygen atoms in total. The fourth-order valence-corrected chi connectivity index (χ4v) is 2.30. The molecule has 2 N–H and O–H groups in total. The first kappa shape index (κ1) is 12.8. The van der Waals surface area contributed by atoms with Gasteiger partial charge in [0, 0.05) is 6.04 Å². The Morgan fingerprint density at radius 3 is 2.71 bits per heavy atom. The minimum Gasteiger partial charge on any atom is -0.373 e. The summed E-state index contributed by atoms with van der Waals surface area (Å²) in [5.74, 6) is -0.390. The largest absolute Gasteiger partial charge is 0.373 e. The Kier molecular flexibility index (Phi) is 4.37. The van der Waals surface area contributed by atoms with Crippen molar-refractivity contribution in [3.8, 4) is 0 Å². The van der Waals surface area contributed by atoms with E-state index in [1.54, 1.807) is 12.1 Å². The first-order valence-corrected chi connectivity index (χ1v) is 6.34. The van der Waals surface area contributed by atoms with Crippen molar-refractivity contribution < 1.29 is 9.13 Å². The van der Waals surface area contributed by atoms with Gasteiger partial charge < -0.3 is 10.5 Å². The molecule has 0 heterocycles. The van der Waals surface area contributed by atoms with Crippen LogP contribution in [-0.4, -0.2) is 12.1 Å². The van der Waals surface area contributed by atoms with Crippen LogP contribution in [0.4, 0.5) is 4.39 Å². The topological polar surface area (TPSA) is 35.2 Å². The van der Waals surface area contributed by atoms with E-state index in [1.165, 1.54) is 6.07 Å². The van der Waals surface area contributed by atoms with Crippen molar-refractivity contribution in [2.24, 2.45) is 5.73 Å². The molecule has 0 bridgehead atoms. The number of benzene rings is 1. The molecule has 0 saturated heterocycles. The Hall–Kier alpha value is -0.640. The molecule has 0 amide bonds. The maximum Gasteiger partial charge on any atom is 0.142 e. The van der Waals surface area contributed by atoms with Gasteiger partial charge in [0.1, 0.15) is 5.82 Å². The van der Waals surface area contributed by atoms with Gasteiger partial charge in [-0.3, -0.25) is 0 Å². The molecule has 1 aromatic rings. The number of rotatable bonds is 3. The number of hydrogen-bond acceptors (Lipinski definition) is 2. The second-order valence-corrected chi connectivity index (χ2v) is 4.94. The molecule has 1 aliphatic rings. The van der Waals surface area contributed by atoms with Crippen molar-refractivity contribution >= 4 is 11.6 Å². The van der Waals surface area contributed by atoms with Gasteiger partial charge in [-0.25, -0.2) is 4.39 Å². The Morgan fingerprint density at radius 2 is 2.00 bits per heavy atom. The standard InChI is InChI=1S/C13H17ClFNO/c14-13-9(2-1-3-12(13)15)8-17-11-6-4-10(16)5-7-11/h1-3,10-11H,4-8,16H2. The average molecular weight is 258 g/mol. The maximum absolute atomic E-state index is 13.2. The summed E-state index contributed by atoms with van der Waals surface area (Å²) in [7, 11) is 0. The minimum absolute atomic E-state index is 0.167. The van der Waals surface area contributed by atoms with E-state index in [9.17, 15) is 4.39 Å². The molecule has 4 heteroatoms. The molecule has 94 valence electrons. The smallest absolute Gasteiger partial charge is 0.142 e. The fourth-order valence-electron chi connectivity index (χ4n) is 2.12. The van der Waals surface area contributed by atoms with Crippen LogP contribution in [0, 0.1) is 5.82 Å². The number of ether oxygens (including phenoxy) is 1. The lowest BCUT2D eigenvalue weighted by Crippen LogP contribution is -2.30. The van der Waals surface area contributed by atoms with Crippen molar-refractivity contribution in [1.29, 1.82) is 0 Å². The predicted octanol–water partition coefficient (Wildman–Crippen LogP) is 3.27. The average Bonchev–Trinajstić information content (AvgIpc) is 2.33. The highest BCUT2D eigenvalue weighted by Crippen LogP contribution is 2.24. The molecule has 0 aromatic heterocycles. The quantitative estimate of drug-likeness (QED) is 0.902. The molecule has 0 radical (unpaired) electrons. The lowest BCUT2D eigenvalue weighted by Gasteiger charge is -2.26. The molecular weight excluding hydrogens is 241 g/mol. The summed E-state index contributed by atoms with van der Waals surface area (Å²) in [6, 6.07) is 5.11. The first-order valence-electron chi connectivity index (χ1n) is 5.97. The van der Waals surface area contributed by atoms with Crippen LogP contribution in [0.1, 0.15) is 31.2 Å². The second kappa shape index (κ2) is 5.80. The van der Waals surface area contributed by atoms with E-state index in [4.69, 9.17) is 22.1 Å². The van der Waals surface area contributed by atoms with E-state index in [-0.39, 0.29) is 11.1 Å². The lowest BCUT2D eigenvalue weighted by molar-refractivity contribution is 0.0137. The molecule has 17 heavy (non-hydrogen) atoms. The molecule has 1 aromatic carbocycles. The molecule has 1 saturated carbocycles. The van der Waals surface area contributed by atoms with Crippen LogP contribution in [0.3, 0.4) is 0 Å². The van der Waals surface area contributed by atoms with Gasteiger partial charge in [-0.05, 0) is 37.3 Å². The van der Waals surface area contributed by atoms with Gasteiger partial charge in [0.2, 0.25) is 0 Å². The Balaban J connectivity index is 1.87. The summed E-state index contributed by atoms with van der Waals surface area (Å²) in [6.07, 6.45) is 4.19. The van der Waals surface area contributed by atoms with Crippen molar-refractivity contribution in [2.45, 2.75) is 44.4 Å². The van der Waals surface area contributed by atoms with Gasteiger partial charge in [0.15, 0.2) is 0 Å². The maximum atomic E-state index is 13.2. The van der Waals surface area contributed by atoms with Gasteiger partial charge >= 0.3 is 0 Å². The first-order chi connectivity index (χ1) is 8.16. The van der Waals surface area contributed by atoms with Crippen LogP contribution in [0.25, 0.3) is 0 Å². The van der Waals surface area contributed by atoms with Crippen LogP contribution >= 0.6 is 11.6 Å². The molecule has 1 aliphatic carbocycles. The molecule has 1 fully saturated rings. The highest BCUT2D eigenvalue weighted by molar-refractivity contribution is 6.31. The van der Waals surface area contributed by atoms with Gasteiger partial charge in [0.05, 0.1) is 17.7 Å². The van der Waals surface area contributed by atoms with Crippen LogP contribution in [-0.2, 0) is 11.3 Å². The van der Waals surface area contributed by atoms with Crippen LogP contribution in [0.15, 0.2) is 18.2 Å². The predicted molar refractivity (Wildman–Crippen MR) is 66.4 cm³/mol. The summed E-state index contributed by atoms with van der Waals surface area (Å²) < 4.78 is 18.9. The SMILES string of the molecule is NC1CCC(OCc2cccc(F)c2Cl)CC1. The Bertz CT molecular complexity index is 378. The zero-order valence-corrected chi connectivity index (χ0v) is 10.4. The fraction of sp³-hybridized carbons (Fsp3) is 0.538. The minimum atomic E-state index is -0.390. The van der Waals surface area contributed by atoms with E-state index < -0.39 is 5.82 Å². The van der Waals surface area contributed by atoms with E-state index in [0.29, 0.717) is 18.2 Å². The van der Waals surface area contributed by atoms with Gasteiger partial charge in [-0.15, -0.1) is 0 Å². The van der Waals surface area contributed by atoms with E-state index >= 15 is 0 Å². The summed E-state index contributed by atoms with van der Waals surface area (Å²) in [5.41, 5.74) is 6.53. The van der Waals surface area contributed by atoms with Crippen LogP contribution in [0.5, 0.6) is 0 Å². The van der Waals surface area contributed by atoms with E-state index in [2.05, 4.69) is 0 Å². The third-order valence-corrected chi connectivity index (χ3v) is 3.65. The summed E-state index contributed by atoms with van der Waals surface area (Å²) in [5, 5.41) is 0.167. The van der Waals surface area contributed by atoms with Crippen molar-refractivity contribution in [3.05, 3.63) is 34.6 Å². The third-order valence-electron chi connectivity index (χ3n) is 3.22. The zero-order valence-electron chi connectivity index (χ0n) is 9.66. The summed E-state index contributed by atoms with van der Waals surface area (Å²) in [4.78, 5) is 0. The molecule has 0 unspecified atom stereocenters. The zero-order chi connectivity index (χ0) is 12.3. The second-order valence-electron chi connectivity index (χ2n) is 4.56. The third kappa shape index (κ3) is 3.41. The molecule has 0 aliphatic heterocycles. The summed E-state index contributed by atoms with van der Waals surface area (Å²) >= 11 is 5.86. The van der Waals surface area contributed by atoms with E-state index in [1.807, 2.05) is 0 Å². The number of hydrogen-bond donors (Lipinski definition) is 1. The molecule has 0 atom stereocenters. The van der Waals surface area contributed by atoms with Crippen LogP contribution in [0.2, 0.25) is 5.02 Å². The lowest BCUT2D eigenvalue weighted by atomic mass is 9.94. The van der Waals surface area contributed by atoms with Gasteiger partial charge in [-0.2, -0.15) is 0 Å². The molecular formula is C13H17ClFNO. The van der Waals surface area contributed by atoms with Crippen molar-refractivity contribution in [2.75, 3.05) is 0 Å². The molecule has 0 spiro atoms. The van der Waals surface area contributed by atoms with E-state index in [0.717, 1.165) is 25.7 Å². The van der Waals surface area contributed by atoms with Crippen LogP contribution < -0.4 is 5.73 Å². The Labute approximate surface area is 106 Å². The monoisotopic (exact) mass is 257 g/mol. The number of halogens is 2. The summed E-state index contributed by atoms with van der Waals surface area (Å²) in [6.45, 7) is 0.372. The highest BCUT2D eigenvalue weighted by atomic mass is 35.5. The van der Waals surface area contributed by atoms with Crippen molar-refractivity contribution in [3.63, 3.8) is 0 Å². The highest BCUT2D eigenvalue weighted by Gasteiger charge is 2.19. The van der Waals surface area contributed by atoms with Crippen molar-refractivity contribution in [1.82, 2.24) is 0 Å². The van der Waals surface area contributed by atoms with Gasteiger partial charge in [0.25, 0.3) is 0 Å². The normalized spacial score (nSPS) is 24.9. The number of nitrogens with two attached hydrogens (primary N) is 1. The van der Waals surface area contributed by atoms with Gasteiger partial charge in [-0.1, -0.05) is 23.7 Å². The molecule has 2 rings (SSSR count). The Morgan fingerprint density at radius 1 is 1.29 bits per heavy atom.